The molecule has 0 unspecified atom stereocenters. The Kier molecular flexibility index (Phi) is 7.08. The van der Waals surface area contributed by atoms with Gasteiger partial charge in [-0.15, -0.1) is 0 Å². The number of hydrogen-bond donors (Lipinski definition) is 2. The molecule has 0 aliphatic carbocycles. The zero-order chi connectivity index (χ0) is 18.2. The molecule has 3 rings (SSSR count). The first-order chi connectivity index (χ1) is 12.7. The van der Waals surface area contributed by atoms with Gasteiger partial charge in [0.2, 0.25) is 0 Å². The fourth-order valence-electron chi connectivity index (χ4n) is 3.16. The normalized spacial score (nSPS) is 18.5. The van der Waals surface area contributed by atoms with Crippen LogP contribution in [0.15, 0.2) is 47.1 Å². The molecule has 0 bridgehead atoms. The third-order valence-corrected chi connectivity index (χ3v) is 4.45. The summed E-state index contributed by atoms with van der Waals surface area (Å²) in [5.74, 6) is 1.06. The van der Waals surface area contributed by atoms with Crippen LogP contribution in [0.2, 0.25) is 0 Å². The maximum absolute atomic E-state index is 10.4. The number of aliphatic hydroxyl groups excluding tert-OH is 1. The van der Waals surface area contributed by atoms with Gasteiger partial charge in [-0.1, -0.05) is 18.2 Å². The topological polar surface area (TPSA) is 75.3 Å². The van der Waals surface area contributed by atoms with Gasteiger partial charge < -0.3 is 24.1 Å². The maximum atomic E-state index is 10.4. The number of phenols is 1. The van der Waals surface area contributed by atoms with Crippen molar-refractivity contribution in [3.63, 3.8) is 0 Å². The second kappa shape index (κ2) is 9.73. The van der Waals surface area contributed by atoms with Crippen LogP contribution in [-0.4, -0.2) is 53.7 Å². The highest BCUT2D eigenvalue weighted by Crippen LogP contribution is 2.19. The number of benzene rings is 1. The molecular formula is C20H27NO5. The van der Waals surface area contributed by atoms with Crippen LogP contribution in [0.5, 0.6) is 5.75 Å². The first kappa shape index (κ1) is 18.9. The molecule has 2 heterocycles. The molecule has 2 aromatic rings. The molecule has 0 amide bonds. The molecule has 0 spiro atoms. The molecule has 1 aromatic carbocycles. The summed E-state index contributed by atoms with van der Waals surface area (Å²) in [6.45, 7) is 3.05. The molecule has 2 N–H and O–H groups in total. The predicted molar refractivity (Wildman–Crippen MR) is 96.7 cm³/mol. The molecular weight excluding hydrogens is 334 g/mol. The van der Waals surface area contributed by atoms with Crippen molar-refractivity contribution < 1.29 is 24.1 Å². The number of ether oxygens (including phenoxy) is 2. The minimum Gasteiger partial charge on any atom is -0.508 e. The molecule has 6 heteroatoms. The van der Waals surface area contributed by atoms with E-state index in [1.54, 1.807) is 18.4 Å². The van der Waals surface area contributed by atoms with E-state index in [1.165, 1.54) is 0 Å². The Labute approximate surface area is 154 Å². The molecule has 1 fully saturated rings. The summed E-state index contributed by atoms with van der Waals surface area (Å²) in [5.41, 5.74) is 0.812. The maximum Gasteiger partial charge on any atom is 0.120 e. The van der Waals surface area contributed by atoms with Crippen molar-refractivity contribution in [1.82, 2.24) is 4.90 Å². The zero-order valence-electron chi connectivity index (χ0n) is 14.9. The Morgan fingerprint density at radius 1 is 1.19 bits per heavy atom. The summed E-state index contributed by atoms with van der Waals surface area (Å²) in [6.07, 6.45) is 3.26. The second-order valence-corrected chi connectivity index (χ2v) is 6.70. The first-order valence-corrected chi connectivity index (χ1v) is 9.09. The fraction of sp³-hybridized carbons (Fsp3) is 0.500. The first-order valence-electron chi connectivity index (χ1n) is 9.09. The van der Waals surface area contributed by atoms with Gasteiger partial charge in [0.05, 0.1) is 38.2 Å². The van der Waals surface area contributed by atoms with Crippen LogP contribution in [0.25, 0.3) is 0 Å². The number of aromatic hydroxyl groups is 1. The van der Waals surface area contributed by atoms with E-state index in [9.17, 15) is 10.2 Å². The highest BCUT2D eigenvalue weighted by atomic mass is 16.5. The Morgan fingerprint density at radius 2 is 2.08 bits per heavy atom. The molecule has 142 valence electrons. The lowest BCUT2D eigenvalue weighted by molar-refractivity contribution is -0.0269. The molecule has 1 aromatic heterocycles. The van der Waals surface area contributed by atoms with E-state index in [-0.39, 0.29) is 18.5 Å². The Balaban J connectivity index is 1.53. The van der Waals surface area contributed by atoms with Crippen molar-refractivity contribution in [1.29, 1.82) is 0 Å². The van der Waals surface area contributed by atoms with Gasteiger partial charge in [0.15, 0.2) is 0 Å². The van der Waals surface area contributed by atoms with E-state index in [4.69, 9.17) is 13.9 Å². The lowest BCUT2D eigenvalue weighted by atomic mass is 10.1. The van der Waals surface area contributed by atoms with Gasteiger partial charge in [-0.05, 0) is 31.0 Å². The van der Waals surface area contributed by atoms with Crippen LogP contribution < -0.4 is 0 Å². The molecule has 1 aliphatic rings. The Bertz CT molecular complexity index is 639. The van der Waals surface area contributed by atoms with Crippen molar-refractivity contribution >= 4 is 0 Å². The fourth-order valence-corrected chi connectivity index (χ4v) is 3.16. The second-order valence-electron chi connectivity index (χ2n) is 6.70. The molecule has 0 saturated carbocycles. The number of phenolic OH excluding ortho intramolecular Hbond substituents is 1. The molecule has 26 heavy (non-hydrogen) atoms. The highest BCUT2D eigenvalue weighted by Gasteiger charge is 2.18. The van der Waals surface area contributed by atoms with Crippen molar-refractivity contribution in [2.45, 2.75) is 38.1 Å². The van der Waals surface area contributed by atoms with Gasteiger partial charge in [-0.2, -0.15) is 0 Å². The van der Waals surface area contributed by atoms with Crippen molar-refractivity contribution in [3.05, 3.63) is 54.0 Å². The van der Waals surface area contributed by atoms with E-state index in [2.05, 4.69) is 0 Å². The van der Waals surface area contributed by atoms with Gasteiger partial charge in [-0.25, -0.2) is 0 Å². The van der Waals surface area contributed by atoms with Gasteiger partial charge in [0.25, 0.3) is 0 Å². The number of rotatable bonds is 10. The van der Waals surface area contributed by atoms with Crippen LogP contribution in [-0.2, 0) is 22.6 Å². The van der Waals surface area contributed by atoms with Gasteiger partial charge in [0.1, 0.15) is 11.5 Å². The summed E-state index contributed by atoms with van der Waals surface area (Å²) >= 11 is 0. The van der Waals surface area contributed by atoms with E-state index in [1.807, 2.05) is 29.2 Å². The lowest BCUT2D eigenvalue weighted by Gasteiger charge is -2.25. The molecule has 1 aliphatic heterocycles. The Hall–Kier alpha value is -1.86. The zero-order valence-corrected chi connectivity index (χ0v) is 14.9. The molecule has 6 nitrogen and oxygen atoms in total. The third kappa shape index (κ3) is 5.85. The van der Waals surface area contributed by atoms with E-state index in [0.29, 0.717) is 26.2 Å². The van der Waals surface area contributed by atoms with Crippen LogP contribution in [0.3, 0.4) is 0 Å². The minimum atomic E-state index is -0.628. The summed E-state index contributed by atoms with van der Waals surface area (Å²) in [6, 6.07) is 11.0. The highest BCUT2D eigenvalue weighted by molar-refractivity contribution is 5.31. The standard InChI is InChI=1S/C20H27NO5/c22-17(14-24-15-19-7-4-10-26-19)12-21(13-18-6-3-9-25-18)11-16-5-1-2-8-20(16)23/h1-3,5-6,8-9,17,19,22-23H,4,7,10-15H2/t17-,19-/m0/s1. The SMILES string of the molecule is Oc1ccccc1CN(Cc1ccco1)C[C@H](O)COC[C@@H]1CCCO1. The van der Waals surface area contributed by atoms with Crippen molar-refractivity contribution in [2.75, 3.05) is 26.4 Å². The average Bonchev–Trinajstić information content (AvgIpc) is 3.31. The van der Waals surface area contributed by atoms with Crippen LogP contribution in [0, 0.1) is 0 Å². The summed E-state index contributed by atoms with van der Waals surface area (Å²) < 4.78 is 16.6. The predicted octanol–water partition coefficient (Wildman–Crippen LogP) is 2.54. The summed E-state index contributed by atoms with van der Waals surface area (Å²) in [7, 11) is 0. The van der Waals surface area contributed by atoms with Crippen LogP contribution in [0.4, 0.5) is 0 Å². The van der Waals surface area contributed by atoms with E-state index in [0.717, 1.165) is 30.8 Å². The smallest absolute Gasteiger partial charge is 0.120 e. The third-order valence-electron chi connectivity index (χ3n) is 4.45. The largest absolute Gasteiger partial charge is 0.508 e. The average molecular weight is 361 g/mol. The van der Waals surface area contributed by atoms with Crippen molar-refractivity contribution in [3.8, 4) is 5.75 Å². The van der Waals surface area contributed by atoms with Gasteiger partial charge in [-0.3, -0.25) is 4.90 Å². The van der Waals surface area contributed by atoms with Gasteiger partial charge in [0, 0.05) is 25.3 Å². The molecule has 2 atom stereocenters. The summed E-state index contributed by atoms with van der Waals surface area (Å²) in [4.78, 5) is 2.04. The number of hydrogen-bond acceptors (Lipinski definition) is 6. The lowest BCUT2D eigenvalue weighted by Crippen LogP contribution is -2.35. The number of furan rings is 1. The quantitative estimate of drug-likeness (QED) is 0.677. The van der Waals surface area contributed by atoms with Crippen LogP contribution >= 0.6 is 0 Å². The molecule has 1 saturated heterocycles. The van der Waals surface area contributed by atoms with Crippen molar-refractivity contribution in [2.24, 2.45) is 0 Å². The molecule has 0 radical (unpaired) electrons. The van der Waals surface area contributed by atoms with E-state index < -0.39 is 6.10 Å². The van der Waals surface area contributed by atoms with E-state index >= 15 is 0 Å². The number of aliphatic hydroxyl groups is 1. The van der Waals surface area contributed by atoms with Crippen LogP contribution in [0.1, 0.15) is 24.2 Å². The monoisotopic (exact) mass is 361 g/mol. The van der Waals surface area contributed by atoms with Gasteiger partial charge >= 0.3 is 0 Å². The number of para-hydroxylation sites is 1. The summed E-state index contributed by atoms with van der Waals surface area (Å²) in [5, 5.41) is 20.4. The number of nitrogens with zero attached hydrogens (tertiary/aromatic N) is 1. The minimum absolute atomic E-state index is 0.155. The Morgan fingerprint density at radius 3 is 2.81 bits per heavy atom.